The number of sulfonamides is 1. The number of anilines is 1. The van der Waals surface area contributed by atoms with Gasteiger partial charge in [0.2, 0.25) is 15.9 Å². The molecule has 0 aliphatic heterocycles. The van der Waals surface area contributed by atoms with E-state index >= 15 is 0 Å². The molecule has 0 fully saturated rings. The van der Waals surface area contributed by atoms with Crippen molar-refractivity contribution < 1.29 is 17.9 Å². The quantitative estimate of drug-likeness (QED) is 0.767. The average Bonchev–Trinajstić information content (AvgIpc) is 2.64. The smallest absolute Gasteiger partial charge is 0.240 e. The lowest BCUT2D eigenvalue weighted by Gasteiger charge is -2.24. The third kappa shape index (κ3) is 5.23. The van der Waals surface area contributed by atoms with Gasteiger partial charge >= 0.3 is 0 Å². The van der Waals surface area contributed by atoms with E-state index in [1.165, 1.54) is 7.11 Å². The van der Waals surface area contributed by atoms with Gasteiger partial charge in [-0.15, -0.1) is 0 Å². The number of amides is 1. The molecule has 0 radical (unpaired) electrons. The lowest BCUT2D eigenvalue weighted by Crippen LogP contribution is -2.41. The molecule has 0 aromatic heterocycles. The van der Waals surface area contributed by atoms with Gasteiger partial charge in [0, 0.05) is 6.54 Å². The van der Waals surface area contributed by atoms with Gasteiger partial charge in [0.25, 0.3) is 0 Å². The molecule has 0 heterocycles. The van der Waals surface area contributed by atoms with Crippen LogP contribution in [0.4, 0.5) is 5.69 Å². The maximum atomic E-state index is 12.4. The van der Waals surface area contributed by atoms with E-state index in [1.54, 1.807) is 24.3 Å². The van der Waals surface area contributed by atoms with Gasteiger partial charge in [0.15, 0.2) is 0 Å². The van der Waals surface area contributed by atoms with Crippen LogP contribution in [0.2, 0.25) is 0 Å². The molecular weight excluding hydrogens is 352 g/mol. The Bertz CT molecular complexity index is 838. The summed E-state index contributed by atoms with van der Waals surface area (Å²) in [6.45, 7) is 2.12. The van der Waals surface area contributed by atoms with Gasteiger partial charge in [0.05, 0.1) is 19.1 Å². The van der Waals surface area contributed by atoms with E-state index in [9.17, 15) is 13.2 Å². The first-order chi connectivity index (χ1) is 12.3. The molecule has 140 valence electrons. The number of rotatable bonds is 8. The molecule has 1 amide bonds. The minimum atomic E-state index is -3.64. The van der Waals surface area contributed by atoms with E-state index in [0.29, 0.717) is 18.0 Å². The Morgan fingerprint density at radius 2 is 1.73 bits per heavy atom. The Morgan fingerprint density at radius 3 is 2.35 bits per heavy atom. The van der Waals surface area contributed by atoms with Gasteiger partial charge in [-0.05, 0) is 23.6 Å². The van der Waals surface area contributed by atoms with Crippen LogP contribution in [0.3, 0.4) is 0 Å². The van der Waals surface area contributed by atoms with E-state index in [1.807, 2.05) is 37.3 Å². The minimum Gasteiger partial charge on any atom is -0.495 e. The number of benzene rings is 2. The summed E-state index contributed by atoms with van der Waals surface area (Å²) in [6, 6.07) is 16.5. The lowest BCUT2D eigenvalue weighted by atomic mass is 10.0. The summed E-state index contributed by atoms with van der Waals surface area (Å²) in [5.74, 6) is 0.144. The highest BCUT2D eigenvalue weighted by Crippen LogP contribution is 2.29. The van der Waals surface area contributed by atoms with Crippen molar-refractivity contribution in [3.8, 4) is 5.75 Å². The first kappa shape index (κ1) is 19.8. The zero-order chi connectivity index (χ0) is 19.2. The SMILES string of the molecule is COc1ccccc1N(CC(=O)NC[C@H](C)c1ccccc1)S(C)(=O)=O. The zero-order valence-electron chi connectivity index (χ0n) is 15.2. The highest BCUT2D eigenvalue weighted by molar-refractivity contribution is 7.92. The fourth-order valence-electron chi connectivity index (χ4n) is 2.57. The van der Waals surface area contributed by atoms with E-state index in [4.69, 9.17) is 4.74 Å². The second-order valence-corrected chi connectivity index (χ2v) is 7.96. The summed E-state index contributed by atoms with van der Waals surface area (Å²) >= 11 is 0. The molecule has 1 atom stereocenters. The summed E-state index contributed by atoms with van der Waals surface area (Å²) in [5.41, 5.74) is 1.45. The molecule has 26 heavy (non-hydrogen) atoms. The minimum absolute atomic E-state index is 0.123. The van der Waals surface area contributed by atoms with Crippen LogP contribution in [-0.2, 0) is 14.8 Å². The fraction of sp³-hybridized carbons (Fsp3) is 0.316. The number of hydrogen-bond donors (Lipinski definition) is 1. The molecule has 0 bridgehead atoms. The third-order valence-electron chi connectivity index (χ3n) is 4.02. The highest BCUT2D eigenvalue weighted by atomic mass is 32.2. The van der Waals surface area contributed by atoms with Crippen LogP contribution < -0.4 is 14.4 Å². The Labute approximate surface area is 154 Å². The third-order valence-corrected chi connectivity index (χ3v) is 5.14. The molecule has 0 saturated heterocycles. The largest absolute Gasteiger partial charge is 0.495 e. The predicted octanol–water partition coefficient (Wildman–Crippen LogP) is 2.38. The summed E-state index contributed by atoms with van der Waals surface area (Å²) in [5, 5.41) is 2.80. The summed E-state index contributed by atoms with van der Waals surface area (Å²) in [7, 11) is -2.18. The molecular formula is C19H24N2O4S. The lowest BCUT2D eigenvalue weighted by molar-refractivity contribution is -0.119. The summed E-state index contributed by atoms with van der Waals surface area (Å²) < 4.78 is 30.6. The number of nitrogens with zero attached hydrogens (tertiary/aromatic N) is 1. The van der Waals surface area contributed by atoms with Crippen LogP contribution in [0.5, 0.6) is 5.75 Å². The van der Waals surface area contributed by atoms with Crippen LogP contribution in [0.15, 0.2) is 54.6 Å². The van der Waals surface area contributed by atoms with E-state index in [-0.39, 0.29) is 18.4 Å². The standard InChI is InChI=1S/C19H24N2O4S/c1-15(16-9-5-4-6-10-16)13-20-19(22)14-21(26(3,23)24)17-11-7-8-12-18(17)25-2/h4-12,15H,13-14H2,1-3H3,(H,20,22)/t15-/m0/s1. The monoisotopic (exact) mass is 376 g/mol. The maximum Gasteiger partial charge on any atom is 0.240 e. The first-order valence-electron chi connectivity index (χ1n) is 8.25. The highest BCUT2D eigenvalue weighted by Gasteiger charge is 2.23. The number of nitrogens with one attached hydrogen (secondary N) is 1. The van der Waals surface area contributed by atoms with Crippen molar-refractivity contribution in [3.05, 3.63) is 60.2 Å². The second-order valence-electron chi connectivity index (χ2n) is 6.06. The van der Waals surface area contributed by atoms with Crippen molar-refractivity contribution in [1.29, 1.82) is 0 Å². The van der Waals surface area contributed by atoms with E-state index < -0.39 is 10.0 Å². The number of ether oxygens (including phenoxy) is 1. The molecule has 2 aromatic carbocycles. The van der Waals surface area contributed by atoms with Crippen molar-refractivity contribution in [2.45, 2.75) is 12.8 Å². The number of para-hydroxylation sites is 2. The topological polar surface area (TPSA) is 75.7 Å². The van der Waals surface area contributed by atoms with Gasteiger partial charge < -0.3 is 10.1 Å². The number of carbonyl (C=O) groups is 1. The first-order valence-corrected chi connectivity index (χ1v) is 10.1. The van der Waals surface area contributed by atoms with E-state index in [0.717, 1.165) is 16.1 Å². The molecule has 0 aliphatic rings. The second kappa shape index (κ2) is 8.71. The molecule has 0 spiro atoms. The van der Waals surface area contributed by atoms with Gasteiger partial charge in [0.1, 0.15) is 12.3 Å². The van der Waals surface area contributed by atoms with Crippen LogP contribution in [0.25, 0.3) is 0 Å². The van der Waals surface area contributed by atoms with Crippen LogP contribution in [0, 0.1) is 0 Å². The van der Waals surface area contributed by atoms with Crippen LogP contribution in [0.1, 0.15) is 18.4 Å². The molecule has 0 aliphatic carbocycles. The van der Waals surface area contributed by atoms with Gasteiger partial charge in [-0.25, -0.2) is 8.42 Å². The Kier molecular flexibility index (Phi) is 6.63. The van der Waals surface area contributed by atoms with Crippen LogP contribution >= 0.6 is 0 Å². The predicted molar refractivity (Wildman–Crippen MR) is 103 cm³/mol. The molecule has 7 heteroatoms. The average molecular weight is 376 g/mol. The van der Waals surface area contributed by atoms with Crippen molar-refractivity contribution in [2.24, 2.45) is 0 Å². The Balaban J connectivity index is 2.08. The van der Waals surface area contributed by atoms with E-state index in [2.05, 4.69) is 5.32 Å². The van der Waals surface area contributed by atoms with Gasteiger partial charge in [-0.2, -0.15) is 0 Å². The molecule has 0 unspecified atom stereocenters. The molecule has 0 saturated carbocycles. The molecule has 1 N–H and O–H groups in total. The normalized spacial score (nSPS) is 12.3. The molecule has 2 aromatic rings. The van der Waals surface area contributed by atoms with Crippen molar-refractivity contribution in [2.75, 3.05) is 30.8 Å². The Morgan fingerprint density at radius 1 is 1.12 bits per heavy atom. The van der Waals surface area contributed by atoms with Crippen molar-refractivity contribution in [3.63, 3.8) is 0 Å². The van der Waals surface area contributed by atoms with Crippen molar-refractivity contribution >= 4 is 21.6 Å². The maximum absolute atomic E-state index is 12.4. The molecule has 2 rings (SSSR count). The fourth-order valence-corrected chi connectivity index (χ4v) is 3.43. The summed E-state index contributed by atoms with van der Waals surface area (Å²) in [4.78, 5) is 12.4. The Hall–Kier alpha value is -2.54. The zero-order valence-corrected chi connectivity index (χ0v) is 16.0. The number of methoxy groups -OCH3 is 1. The molecule has 6 nitrogen and oxygen atoms in total. The number of hydrogen-bond acceptors (Lipinski definition) is 4. The van der Waals surface area contributed by atoms with Crippen LogP contribution in [-0.4, -0.2) is 40.8 Å². The number of carbonyl (C=O) groups excluding carboxylic acids is 1. The van der Waals surface area contributed by atoms with Gasteiger partial charge in [-0.1, -0.05) is 49.4 Å². The van der Waals surface area contributed by atoms with Crippen molar-refractivity contribution in [1.82, 2.24) is 5.32 Å². The van der Waals surface area contributed by atoms with Gasteiger partial charge in [-0.3, -0.25) is 9.10 Å². The summed E-state index contributed by atoms with van der Waals surface area (Å²) in [6.07, 6.45) is 1.07.